The van der Waals surface area contributed by atoms with Crippen LogP contribution in [0.15, 0.2) is 59.5 Å². The Morgan fingerprint density at radius 3 is 2.68 bits per heavy atom. The molecule has 0 saturated carbocycles. The zero-order valence-corrected chi connectivity index (χ0v) is 15.2. The molecule has 0 amide bonds. The first-order valence-corrected chi connectivity index (χ1v) is 10.2. The van der Waals surface area contributed by atoms with Gasteiger partial charge in [-0.15, -0.1) is 0 Å². The number of nitrogens with zero attached hydrogens (tertiary/aromatic N) is 1. The fraction of sp³-hybridized carbons (Fsp3) is 0.263. The summed E-state index contributed by atoms with van der Waals surface area (Å²) in [5, 5.41) is 1.76. The van der Waals surface area contributed by atoms with Crippen LogP contribution in [0.3, 0.4) is 0 Å². The minimum absolute atomic E-state index is 0.165. The first-order valence-electron chi connectivity index (χ1n) is 8.37. The Bertz CT molecular complexity index is 999. The summed E-state index contributed by atoms with van der Waals surface area (Å²) in [4.78, 5) is 3.78. The minimum Gasteiger partial charge on any atom is -0.358 e. The number of benzene rings is 2. The number of hydrogen-bond acceptors (Lipinski definition) is 2. The topological polar surface area (TPSA) is 53.2 Å². The van der Waals surface area contributed by atoms with E-state index in [1.807, 2.05) is 24.3 Å². The largest absolute Gasteiger partial charge is 0.358 e. The first-order chi connectivity index (χ1) is 12.0. The molecule has 25 heavy (non-hydrogen) atoms. The van der Waals surface area contributed by atoms with Gasteiger partial charge in [0.05, 0.1) is 4.90 Å². The van der Waals surface area contributed by atoms with Gasteiger partial charge < -0.3 is 4.98 Å². The maximum atomic E-state index is 12.9. The van der Waals surface area contributed by atoms with Crippen LogP contribution >= 0.6 is 11.6 Å². The molecule has 0 bridgehead atoms. The number of nitrogens with one attached hydrogen (secondary N) is 1. The summed E-state index contributed by atoms with van der Waals surface area (Å²) in [6, 6.07) is 16.5. The van der Waals surface area contributed by atoms with Crippen molar-refractivity contribution in [3.05, 3.63) is 65.3 Å². The molecule has 130 valence electrons. The lowest BCUT2D eigenvalue weighted by molar-refractivity contribution is 0.313. The Hall–Kier alpha value is -1.82. The molecule has 1 aliphatic rings. The lowest BCUT2D eigenvalue weighted by Gasteiger charge is -2.31. The van der Waals surface area contributed by atoms with E-state index < -0.39 is 10.0 Å². The summed E-state index contributed by atoms with van der Waals surface area (Å²) >= 11 is 6.06. The van der Waals surface area contributed by atoms with Crippen LogP contribution in [0.1, 0.15) is 24.5 Å². The summed E-state index contributed by atoms with van der Waals surface area (Å²) in [7, 11) is -3.44. The number of hydrogen-bond donors (Lipinski definition) is 1. The summed E-state index contributed by atoms with van der Waals surface area (Å²) in [5.41, 5.74) is 2.10. The average Bonchev–Trinajstić information content (AvgIpc) is 3.06. The minimum atomic E-state index is -3.44. The zero-order valence-electron chi connectivity index (χ0n) is 13.7. The van der Waals surface area contributed by atoms with Gasteiger partial charge in [0.15, 0.2) is 0 Å². The van der Waals surface area contributed by atoms with Crippen molar-refractivity contribution in [3.63, 3.8) is 0 Å². The fourth-order valence-electron chi connectivity index (χ4n) is 3.50. The van der Waals surface area contributed by atoms with Crippen LogP contribution in [0.5, 0.6) is 0 Å². The van der Waals surface area contributed by atoms with Gasteiger partial charge in [0.2, 0.25) is 10.0 Å². The standard InChI is InChI=1S/C19H19ClN2O2S/c20-16-8-9-18-15(11-16)12-19(21-18)14-5-4-10-22(13-14)25(23,24)17-6-2-1-3-7-17/h1-3,6-9,11-12,14,21H,4-5,10,13H2. The van der Waals surface area contributed by atoms with Crippen LogP contribution in [0.2, 0.25) is 5.02 Å². The molecule has 1 N–H and O–H groups in total. The lowest BCUT2D eigenvalue weighted by atomic mass is 9.96. The third-order valence-corrected chi connectivity index (χ3v) is 6.92. The van der Waals surface area contributed by atoms with E-state index in [4.69, 9.17) is 11.6 Å². The Morgan fingerprint density at radius 2 is 1.88 bits per heavy atom. The van der Waals surface area contributed by atoms with Gasteiger partial charge >= 0.3 is 0 Å². The molecule has 1 fully saturated rings. The molecule has 1 aliphatic heterocycles. The van der Waals surface area contributed by atoms with E-state index in [1.165, 1.54) is 0 Å². The fourth-order valence-corrected chi connectivity index (χ4v) is 5.23. The van der Waals surface area contributed by atoms with E-state index in [0.717, 1.165) is 29.4 Å². The van der Waals surface area contributed by atoms with Crippen LogP contribution in [0, 0.1) is 0 Å². The second-order valence-corrected chi connectivity index (χ2v) is 8.85. The quantitative estimate of drug-likeness (QED) is 0.739. The molecule has 2 heterocycles. The van der Waals surface area contributed by atoms with Crippen molar-refractivity contribution < 1.29 is 8.42 Å². The van der Waals surface area contributed by atoms with Crippen molar-refractivity contribution in [1.82, 2.24) is 9.29 Å². The Labute approximate surface area is 152 Å². The van der Waals surface area contributed by atoms with Crippen LogP contribution < -0.4 is 0 Å². The maximum Gasteiger partial charge on any atom is 0.243 e. The zero-order chi connectivity index (χ0) is 17.4. The van der Waals surface area contributed by atoms with Crippen LogP contribution in [0.4, 0.5) is 0 Å². The van der Waals surface area contributed by atoms with Gasteiger partial charge in [-0.05, 0) is 49.2 Å². The van der Waals surface area contributed by atoms with Gasteiger partial charge in [0.1, 0.15) is 0 Å². The van der Waals surface area contributed by atoms with E-state index in [1.54, 1.807) is 28.6 Å². The number of aromatic nitrogens is 1. The molecule has 1 atom stereocenters. The third-order valence-electron chi connectivity index (χ3n) is 4.81. The summed E-state index contributed by atoms with van der Waals surface area (Å²) in [6.45, 7) is 1.07. The summed E-state index contributed by atoms with van der Waals surface area (Å²) in [5.74, 6) is 0.165. The molecule has 6 heteroatoms. The predicted molar refractivity (Wildman–Crippen MR) is 100 cm³/mol. The van der Waals surface area contributed by atoms with E-state index in [9.17, 15) is 8.42 Å². The SMILES string of the molecule is O=S(=O)(c1ccccc1)N1CCCC(c2cc3cc(Cl)ccc3[nH]2)C1. The van der Waals surface area contributed by atoms with Crippen molar-refractivity contribution in [2.75, 3.05) is 13.1 Å². The maximum absolute atomic E-state index is 12.9. The van der Waals surface area contributed by atoms with Gasteiger partial charge in [-0.2, -0.15) is 4.31 Å². The first kappa shape index (κ1) is 16.6. The van der Waals surface area contributed by atoms with Gasteiger partial charge in [0.25, 0.3) is 0 Å². The molecule has 1 saturated heterocycles. The van der Waals surface area contributed by atoms with E-state index in [0.29, 0.717) is 23.0 Å². The van der Waals surface area contributed by atoms with Crippen molar-refractivity contribution in [2.45, 2.75) is 23.7 Å². The van der Waals surface area contributed by atoms with Crippen molar-refractivity contribution >= 4 is 32.5 Å². The highest BCUT2D eigenvalue weighted by Gasteiger charge is 2.31. The van der Waals surface area contributed by atoms with E-state index >= 15 is 0 Å². The van der Waals surface area contributed by atoms with Crippen LogP contribution in [-0.2, 0) is 10.0 Å². The van der Waals surface area contributed by atoms with Gasteiger partial charge in [-0.25, -0.2) is 8.42 Å². The smallest absolute Gasteiger partial charge is 0.243 e. The Morgan fingerprint density at radius 1 is 1.08 bits per heavy atom. The number of sulfonamides is 1. The van der Waals surface area contributed by atoms with Gasteiger partial charge in [0, 0.05) is 40.6 Å². The van der Waals surface area contributed by atoms with Gasteiger partial charge in [-0.3, -0.25) is 0 Å². The third kappa shape index (κ3) is 3.19. The highest BCUT2D eigenvalue weighted by Crippen LogP contribution is 2.32. The second-order valence-electron chi connectivity index (χ2n) is 6.47. The number of H-pyrrole nitrogens is 1. The molecule has 1 aromatic heterocycles. The number of halogens is 1. The molecule has 1 unspecified atom stereocenters. The van der Waals surface area contributed by atoms with Crippen molar-refractivity contribution in [1.29, 1.82) is 0 Å². The molecule has 0 aliphatic carbocycles. The van der Waals surface area contributed by atoms with E-state index in [-0.39, 0.29) is 5.92 Å². The highest BCUT2D eigenvalue weighted by molar-refractivity contribution is 7.89. The summed E-state index contributed by atoms with van der Waals surface area (Å²) < 4.78 is 27.4. The second kappa shape index (κ2) is 6.48. The normalized spacial score (nSPS) is 19.3. The molecule has 3 aromatic rings. The van der Waals surface area contributed by atoms with E-state index in [2.05, 4.69) is 11.1 Å². The monoisotopic (exact) mass is 374 g/mol. The van der Waals surface area contributed by atoms with Gasteiger partial charge in [-0.1, -0.05) is 29.8 Å². The number of aromatic amines is 1. The van der Waals surface area contributed by atoms with Crippen molar-refractivity contribution in [3.8, 4) is 0 Å². The van der Waals surface area contributed by atoms with Crippen molar-refractivity contribution in [2.24, 2.45) is 0 Å². The molecule has 2 aromatic carbocycles. The predicted octanol–water partition coefficient (Wildman–Crippen LogP) is 4.39. The molecule has 4 rings (SSSR count). The average molecular weight is 375 g/mol. The summed E-state index contributed by atoms with van der Waals surface area (Å²) in [6.07, 6.45) is 1.83. The number of fused-ring (bicyclic) bond motifs is 1. The molecule has 0 spiro atoms. The Balaban J connectivity index is 1.62. The van der Waals surface area contributed by atoms with Crippen LogP contribution in [0.25, 0.3) is 10.9 Å². The highest BCUT2D eigenvalue weighted by atomic mass is 35.5. The number of rotatable bonds is 3. The number of piperidine rings is 1. The molecular formula is C19H19ClN2O2S. The van der Waals surface area contributed by atoms with Crippen LogP contribution in [-0.4, -0.2) is 30.8 Å². The Kier molecular flexibility index (Phi) is 4.31. The lowest BCUT2D eigenvalue weighted by Crippen LogP contribution is -2.39. The molecule has 0 radical (unpaired) electrons. The molecule has 4 nitrogen and oxygen atoms in total. The molecular weight excluding hydrogens is 356 g/mol.